The number of halogens is 1. The average Bonchev–Trinajstić information content (AvgIpc) is 2.60. The zero-order chi connectivity index (χ0) is 18.1. The Kier molecular flexibility index (Phi) is 7.10. The first kappa shape index (κ1) is 18.6. The highest BCUT2D eigenvalue weighted by Crippen LogP contribution is 2.22. The van der Waals surface area contributed by atoms with Crippen molar-refractivity contribution < 1.29 is 19.1 Å². The van der Waals surface area contributed by atoms with Gasteiger partial charge in [0.15, 0.2) is 0 Å². The van der Waals surface area contributed by atoms with Gasteiger partial charge in [-0.25, -0.2) is 9.59 Å². The molecule has 0 radical (unpaired) electrons. The van der Waals surface area contributed by atoms with E-state index >= 15 is 0 Å². The molecular formula is C18H19ClN2O4. The number of urea groups is 1. The molecule has 1 atom stereocenters. The van der Waals surface area contributed by atoms with Crippen molar-refractivity contribution in [1.82, 2.24) is 5.32 Å². The molecule has 3 N–H and O–H groups in total. The molecule has 0 unspecified atom stereocenters. The number of para-hydroxylation sites is 1. The predicted octanol–water partition coefficient (Wildman–Crippen LogP) is 2.54. The summed E-state index contributed by atoms with van der Waals surface area (Å²) < 4.78 is 10.6. The molecule has 2 amide bonds. The van der Waals surface area contributed by atoms with E-state index in [2.05, 4.69) is 5.32 Å². The number of benzene rings is 2. The van der Waals surface area contributed by atoms with Gasteiger partial charge in [-0.3, -0.25) is 0 Å². The van der Waals surface area contributed by atoms with Gasteiger partial charge in [0, 0.05) is 6.42 Å². The van der Waals surface area contributed by atoms with Crippen LogP contribution in [0.1, 0.15) is 5.56 Å². The van der Waals surface area contributed by atoms with Crippen molar-refractivity contribution in [3.8, 4) is 5.75 Å². The highest BCUT2D eigenvalue weighted by Gasteiger charge is 2.21. The molecule has 0 fully saturated rings. The Labute approximate surface area is 150 Å². The summed E-state index contributed by atoms with van der Waals surface area (Å²) in [4.78, 5) is 23.3. The molecule has 2 rings (SSSR count). The van der Waals surface area contributed by atoms with Crippen molar-refractivity contribution in [3.05, 3.63) is 65.2 Å². The fraction of sp³-hybridized carbons (Fsp3) is 0.222. The van der Waals surface area contributed by atoms with Crippen molar-refractivity contribution in [2.45, 2.75) is 12.5 Å². The molecule has 0 spiro atoms. The van der Waals surface area contributed by atoms with Gasteiger partial charge in [-0.15, -0.1) is 0 Å². The lowest BCUT2D eigenvalue weighted by atomic mass is 10.1. The third-order valence-electron chi connectivity index (χ3n) is 3.31. The zero-order valence-corrected chi connectivity index (χ0v) is 14.2. The smallest absolute Gasteiger partial charge is 0.329 e. The summed E-state index contributed by atoms with van der Waals surface area (Å²) in [6.45, 7) is 0.167. The van der Waals surface area contributed by atoms with Crippen LogP contribution in [0.4, 0.5) is 4.79 Å². The molecule has 2 aromatic carbocycles. The largest absolute Gasteiger partial charge is 0.488 e. The van der Waals surface area contributed by atoms with Gasteiger partial charge >= 0.3 is 12.0 Å². The fourth-order valence-corrected chi connectivity index (χ4v) is 2.36. The van der Waals surface area contributed by atoms with Gasteiger partial charge in [0.1, 0.15) is 25.0 Å². The van der Waals surface area contributed by atoms with Crippen molar-refractivity contribution in [2.75, 3.05) is 13.2 Å². The summed E-state index contributed by atoms with van der Waals surface area (Å²) in [5, 5.41) is 2.88. The van der Waals surface area contributed by atoms with Crippen LogP contribution in [0.3, 0.4) is 0 Å². The van der Waals surface area contributed by atoms with Crippen LogP contribution >= 0.6 is 11.6 Å². The fourth-order valence-electron chi connectivity index (χ4n) is 2.17. The number of esters is 1. The third kappa shape index (κ3) is 6.35. The quantitative estimate of drug-likeness (QED) is 0.557. The van der Waals surface area contributed by atoms with Crippen LogP contribution in [-0.2, 0) is 16.0 Å². The summed E-state index contributed by atoms with van der Waals surface area (Å²) in [5.41, 5.74) is 6.02. The number of carbonyl (C=O) groups is 2. The van der Waals surface area contributed by atoms with Crippen molar-refractivity contribution in [3.63, 3.8) is 0 Å². The van der Waals surface area contributed by atoms with Crippen molar-refractivity contribution >= 4 is 23.6 Å². The van der Waals surface area contributed by atoms with E-state index in [9.17, 15) is 9.59 Å². The number of nitrogens with one attached hydrogen (secondary N) is 1. The Morgan fingerprint density at radius 1 is 1.04 bits per heavy atom. The number of rotatable bonds is 8. The van der Waals surface area contributed by atoms with E-state index in [1.807, 2.05) is 30.3 Å². The second kappa shape index (κ2) is 9.54. The number of nitrogens with two attached hydrogens (primary N) is 1. The Bertz CT molecular complexity index is 709. The molecule has 0 heterocycles. The Hall–Kier alpha value is -2.73. The van der Waals surface area contributed by atoms with Gasteiger partial charge in [0.2, 0.25) is 0 Å². The lowest BCUT2D eigenvalue weighted by molar-refractivity contribution is -0.146. The zero-order valence-electron chi connectivity index (χ0n) is 13.5. The summed E-state index contributed by atoms with van der Waals surface area (Å²) in [6.07, 6.45) is 0.286. The van der Waals surface area contributed by atoms with E-state index in [1.54, 1.807) is 24.3 Å². The molecular weight excluding hydrogens is 344 g/mol. The molecule has 132 valence electrons. The van der Waals surface area contributed by atoms with Gasteiger partial charge in [-0.2, -0.15) is 0 Å². The minimum atomic E-state index is -0.861. The second-order valence-corrected chi connectivity index (χ2v) is 5.60. The Balaban J connectivity index is 1.84. The number of primary amides is 1. The highest BCUT2D eigenvalue weighted by molar-refractivity contribution is 6.32. The maximum atomic E-state index is 12.2. The number of hydrogen-bond acceptors (Lipinski definition) is 4. The number of hydrogen-bond donors (Lipinski definition) is 2. The lowest BCUT2D eigenvalue weighted by Crippen LogP contribution is -2.46. The van der Waals surface area contributed by atoms with Crippen LogP contribution < -0.4 is 15.8 Å². The van der Waals surface area contributed by atoms with E-state index in [0.717, 1.165) is 5.56 Å². The minimum Gasteiger partial charge on any atom is -0.488 e. The first-order valence-corrected chi connectivity index (χ1v) is 8.08. The number of carbonyl (C=O) groups excluding carboxylic acids is 2. The topological polar surface area (TPSA) is 90.7 Å². The van der Waals surface area contributed by atoms with Crippen LogP contribution in [0.15, 0.2) is 54.6 Å². The molecule has 0 bridgehead atoms. The molecule has 0 saturated heterocycles. The third-order valence-corrected chi connectivity index (χ3v) is 3.62. The normalized spacial score (nSPS) is 11.4. The Morgan fingerprint density at radius 2 is 1.72 bits per heavy atom. The van der Waals surface area contributed by atoms with Gasteiger partial charge < -0.3 is 20.5 Å². The maximum absolute atomic E-state index is 12.2. The van der Waals surface area contributed by atoms with Crippen LogP contribution in [0, 0.1) is 0 Å². The summed E-state index contributed by atoms with van der Waals surface area (Å²) in [7, 11) is 0. The monoisotopic (exact) mass is 362 g/mol. The van der Waals surface area contributed by atoms with Gasteiger partial charge in [0.25, 0.3) is 0 Å². The van der Waals surface area contributed by atoms with E-state index in [-0.39, 0.29) is 19.6 Å². The summed E-state index contributed by atoms with van der Waals surface area (Å²) in [5.74, 6) is -0.0678. The molecule has 6 nitrogen and oxygen atoms in total. The molecule has 2 aromatic rings. The number of ether oxygens (including phenoxy) is 2. The summed E-state index contributed by atoms with van der Waals surface area (Å²) >= 11 is 5.97. The lowest BCUT2D eigenvalue weighted by Gasteiger charge is -2.17. The van der Waals surface area contributed by atoms with Gasteiger partial charge in [-0.1, -0.05) is 54.1 Å². The van der Waals surface area contributed by atoms with Gasteiger partial charge in [-0.05, 0) is 17.7 Å². The number of amides is 2. The summed E-state index contributed by atoms with van der Waals surface area (Å²) in [6, 6.07) is 14.6. The van der Waals surface area contributed by atoms with Gasteiger partial charge in [0.05, 0.1) is 5.02 Å². The average molecular weight is 363 g/mol. The van der Waals surface area contributed by atoms with E-state index < -0.39 is 18.0 Å². The van der Waals surface area contributed by atoms with E-state index in [0.29, 0.717) is 10.8 Å². The first-order valence-electron chi connectivity index (χ1n) is 7.70. The van der Waals surface area contributed by atoms with E-state index in [4.69, 9.17) is 26.8 Å². The van der Waals surface area contributed by atoms with Crippen LogP contribution in [0.5, 0.6) is 5.75 Å². The Morgan fingerprint density at radius 3 is 2.40 bits per heavy atom. The molecule has 0 aliphatic rings. The van der Waals surface area contributed by atoms with Crippen LogP contribution in [-0.4, -0.2) is 31.3 Å². The molecule has 25 heavy (non-hydrogen) atoms. The van der Waals surface area contributed by atoms with Crippen molar-refractivity contribution in [1.29, 1.82) is 0 Å². The first-order chi connectivity index (χ1) is 12.1. The van der Waals surface area contributed by atoms with E-state index in [1.165, 1.54) is 0 Å². The molecule has 0 saturated carbocycles. The second-order valence-electron chi connectivity index (χ2n) is 5.20. The molecule has 0 aromatic heterocycles. The SMILES string of the molecule is NC(=O)N[C@@H](Cc1ccccc1)C(=O)OCCOc1ccccc1Cl. The van der Waals surface area contributed by atoms with Crippen LogP contribution in [0.2, 0.25) is 5.02 Å². The van der Waals surface area contributed by atoms with Crippen LogP contribution in [0.25, 0.3) is 0 Å². The maximum Gasteiger partial charge on any atom is 0.329 e. The predicted molar refractivity (Wildman–Crippen MR) is 94.6 cm³/mol. The highest BCUT2D eigenvalue weighted by atomic mass is 35.5. The standard InChI is InChI=1S/C18H19ClN2O4/c19-14-8-4-5-9-16(14)24-10-11-25-17(22)15(21-18(20)23)12-13-6-2-1-3-7-13/h1-9,15H,10-12H2,(H3,20,21,23)/t15-/m0/s1. The molecule has 7 heteroatoms. The van der Waals surface area contributed by atoms with Crippen molar-refractivity contribution in [2.24, 2.45) is 5.73 Å². The molecule has 0 aliphatic carbocycles. The molecule has 0 aliphatic heterocycles. The minimum absolute atomic E-state index is 0.0236.